The van der Waals surface area contributed by atoms with Gasteiger partial charge in [0.1, 0.15) is 5.82 Å². The molecular weight excluding hydrogens is 295 g/mol. The van der Waals surface area contributed by atoms with Gasteiger partial charge in [0.05, 0.1) is 5.92 Å². The highest BCUT2D eigenvalue weighted by Gasteiger charge is 2.34. The van der Waals surface area contributed by atoms with Gasteiger partial charge in [-0.05, 0) is 37.0 Å². The molecule has 23 heavy (non-hydrogen) atoms. The van der Waals surface area contributed by atoms with Gasteiger partial charge in [0.25, 0.3) is 0 Å². The van der Waals surface area contributed by atoms with Crippen LogP contribution in [0.5, 0.6) is 0 Å². The fourth-order valence-electron chi connectivity index (χ4n) is 2.89. The van der Waals surface area contributed by atoms with E-state index in [1.54, 1.807) is 17.0 Å². The Kier molecular flexibility index (Phi) is 6.13. The number of carbonyl (C=O) groups excluding carboxylic acids is 2. The Morgan fingerprint density at radius 3 is 2.57 bits per heavy atom. The molecule has 2 rings (SSSR count). The third-order valence-corrected chi connectivity index (χ3v) is 4.50. The molecule has 0 aliphatic carbocycles. The maximum absolute atomic E-state index is 12.9. The average Bonchev–Trinajstić information content (AvgIpc) is 2.93. The molecule has 0 saturated carbocycles. The number of hydrogen-bond donors (Lipinski definition) is 1. The van der Waals surface area contributed by atoms with E-state index in [1.165, 1.54) is 12.1 Å². The number of rotatable bonds is 7. The monoisotopic (exact) mass is 320 g/mol. The Balaban J connectivity index is 1.84. The zero-order valence-electron chi connectivity index (χ0n) is 13.8. The highest BCUT2D eigenvalue weighted by molar-refractivity contribution is 5.89. The summed E-state index contributed by atoms with van der Waals surface area (Å²) in [6.45, 7) is 5.14. The molecule has 1 fully saturated rings. The second-order valence-corrected chi connectivity index (χ2v) is 6.14. The quantitative estimate of drug-likeness (QED) is 0.839. The van der Waals surface area contributed by atoms with Crippen molar-refractivity contribution in [1.29, 1.82) is 0 Å². The van der Waals surface area contributed by atoms with Crippen LogP contribution in [-0.2, 0) is 16.0 Å². The van der Waals surface area contributed by atoms with Crippen LogP contribution in [0.3, 0.4) is 0 Å². The van der Waals surface area contributed by atoms with Crippen LogP contribution >= 0.6 is 0 Å². The SMILES string of the molecule is CCC(CC)NC(=O)[C@@H]1CC(=O)N(CCc2ccc(F)cc2)C1. The number of hydrogen-bond acceptors (Lipinski definition) is 2. The number of nitrogens with one attached hydrogen (secondary N) is 1. The van der Waals surface area contributed by atoms with Crippen LogP contribution < -0.4 is 5.32 Å². The summed E-state index contributed by atoms with van der Waals surface area (Å²) in [5.41, 5.74) is 0.990. The molecule has 0 spiro atoms. The standard InChI is InChI=1S/C18H25FN2O2/c1-3-16(4-2)20-18(23)14-11-17(22)21(12-14)10-9-13-5-7-15(19)8-6-13/h5-8,14,16H,3-4,9-12H2,1-2H3,(H,20,23)/t14-/m1/s1. The molecule has 1 atom stereocenters. The summed E-state index contributed by atoms with van der Waals surface area (Å²) in [6, 6.07) is 6.49. The minimum Gasteiger partial charge on any atom is -0.353 e. The molecule has 1 aliphatic rings. The van der Waals surface area contributed by atoms with E-state index in [4.69, 9.17) is 0 Å². The van der Waals surface area contributed by atoms with Gasteiger partial charge < -0.3 is 10.2 Å². The highest BCUT2D eigenvalue weighted by Crippen LogP contribution is 2.19. The van der Waals surface area contributed by atoms with E-state index in [2.05, 4.69) is 5.32 Å². The first-order valence-corrected chi connectivity index (χ1v) is 8.36. The van der Waals surface area contributed by atoms with Gasteiger partial charge in [-0.2, -0.15) is 0 Å². The Hall–Kier alpha value is -1.91. The van der Waals surface area contributed by atoms with E-state index in [-0.39, 0.29) is 36.0 Å². The Morgan fingerprint density at radius 1 is 1.30 bits per heavy atom. The van der Waals surface area contributed by atoms with Gasteiger partial charge in [-0.15, -0.1) is 0 Å². The van der Waals surface area contributed by atoms with Crippen molar-refractivity contribution in [3.63, 3.8) is 0 Å². The van der Waals surface area contributed by atoms with Crippen LogP contribution in [0.15, 0.2) is 24.3 Å². The maximum Gasteiger partial charge on any atom is 0.225 e. The molecule has 2 amide bonds. The van der Waals surface area contributed by atoms with Crippen LogP contribution in [0.4, 0.5) is 4.39 Å². The lowest BCUT2D eigenvalue weighted by molar-refractivity contribution is -0.129. The molecular formula is C18H25FN2O2. The Labute approximate surface area is 137 Å². The molecule has 5 heteroatoms. The van der Waals surface area contributed by atoms with Gasteiger partial charge in [0.2, 0.25) is 11.8 Å². The zero-order valence-corrected chi connectivity index (χ0v) is 13.8. The Bertz CT molecular complexity index is 540. The summed E-state index contributed by atoms with van der Waals surface area (Å²) >= 11 is 0. The van der Waals surface area contributed by atoms with Gasteiger partial charge in [-0.25, -0.2) is 4.39 Å². The maximum atomic E-state index is 12.9. The van der Waals surface area contributed by atoms with Gasteiger partial charge in [-0.3, -0.25) is 9.59 Å². The van der Waals surface area contributed by atoms with Crippen molar-refractivity contribution in [1.82, 2.24) is 10.2 Å². The molecule has 126 valence electrons. The first kappa shape index (κ1) is 17.4. The van der Waals surface area contributed by atoms with Crippen molar-refractivity contribution >= 4 is 11.8 Å². The van der Waals surface area contributed by atoms with Crippen molar-refractivity contribution in [2.45, 2.75) is 45.6 Å². The number of carbonyl (C=O) groups is 2. The second-order valence-electron chi connectivity index (χ2n) is 6.14. The Morgan fingerprint density at radius 2 is 1.96 bits per heavy atom. The predicted molar refractivity (Wildman–Crippen MR) is 87.3 cm³/mol. The van der Waals surface area contributed by atoms with Gasteiger partial charge in [-0.1, -0.05) is 26.0 Å². The fourth-order valence-corrected chi connectivity index (χ4v) is 2.89. The third kappa shape index (κ3) is 4.78. The third-order valence-electron chi connectivity index (χ3n) is 4.50. The fraction of sp³-hybridized carbons (Fsp3) is 0.556. The smallest absolute Gasteiger partial charge is 0.225 e. The average molecular weight is 320 g/mol. The first-order valence-electron chi connectivity index (χ1n) is 8.36. The lowest BCUT2D eigenvalue weighted by Crippen LogP contribution is -2.39. The summed E-state index contributed by atoms with van der Waals surface area (Å²) in [5.74, 6) is -0.506. The van der Waals surface area contributed by atoms with Crippen LogP contribution in [-0.4, -0.2) is 35.8 Å². The van der Waals surface area contributed by atoms with Crippen molar-refractivity contribution in [2.75, 3.05) is 13.1 Å². The molecule has 1 N–H and O–H groups in total. The van der Waals surface area contributed by atoms with Crippen LogP contribution in [0.2, 0.25) is 0 Å². The molecule has 4 nitrogen and oxygen atoms in total. The first-order chi connectivity index (χ1) is 11.0. The second kappa shape index (κ2) is 8.09. The normalized spacial score (nSPS) is 17.8. The molecule has 0 aromatic heterocycles. The van der Waals surface area contributed by atoms with Crippen LogP contribution in [0, 0.1) is 11.7 Å². The molecule has 1 saturated heterocycles. The topological polar surface area (TPSA) is 49.4 Å². The molecule has 0 radical (unpaired) electrons. The summed E-state index contributed by atoms with van der Waals surface area (Å²) < 4.78 is 12.9. The number of benzene rings is 1. The summed E-state index contributed by atoms with van der Waals surface area (Å²) in [7, 11) is 0. The predicted octanol–water partition coefficient (Wildman–Crippen LogP) is 2.52. The van der Waals surface area contributed by atoms with E-state index in [9.17, 15) is 14.0 Å². The largest absolute Gasteiger partial charge is 0.353 e. The minimum atomic E-state index is -0.260. The van der Waals surface area contributed by atoms with Crippen LogP contribution in [0.25, 0.3) is 0 Å². The lowest BCUT2D eigenvalue weighted by Gasteiger charge is -2.19. The van der Waals surface area contributed by atoms with Gasteiger partial charge in [0.15, 0.2) is 0 Å². The van der Waals surface area contributed by atoms with Crippen molar-refractivity contribution in [2.24, 2.45) is 5.92 Å². The van der Waals surface area contributed by atoms with E-state index < -0.39 is 0 Å². The van der Waals surface area contributed by atoms with Crippen molar-refractivity contribution in [3.8, 4) is 0 Å². The summed E-state index contributed by atoms with van der Waals surface area (Å²) in [5, 5.41) is 3.02. The molecule has 1 heterocycles. The van der Waals surface area contributed by atoms with Gasteiger partial charge >= 0.3 is 0 Å². The molecule has 1 aromatic rings. The molecule has 0 bridgehead atoms. The number of nitrogens with zero attached hydrogens (tertiary/aromatic N) is 1. The molecule has 1 aromatic carbocycles. The van der Waals surface area contributed by atoms with Crippen molar-refractivity contribution < 1.29 is 14.0 Å². The van der Waals surface area contributed by atoms with E-state index in [0.29, 0.717) is 19.5 Å². The van der Waals surface area contributed by atoms with E-state index >= 15 is 0 Å². The van der Waals surface area contributed by atoms with E-state index in [1.807, 2.05) is 13.8 Å². The number of likely N-dealkylation sites (tertiary alicyclic amines) is 1. The highest BCUT2D eigenvalue weighted by atomic mass is 19.1. The van der Waals surface area contributed by atoms with Crippen LogP contribution in [0.1, 0.15) is 38.7 Å². The number of amides is 2. The summed E-state index contributed by atoms with van der Waals surface area (Å²) in [6.07, 6.45) is 2.76. The molecule has 1 aliphatic heterocycles. The minimum absolute atomic E-state index is 0.0173. The van der Waals surface area contributed by atoms with E-state index in [0.717, 1.165) is 18.4 Å². The number of halogens is 1. The van der Waals surface area contributed by atoms with Gasteiger partial charge in [0, 0.05) is 25.6 Å². The lowest BCUT2D eigenvalue weighted by atomic mass is 10.1. The van der Waals surface area contributed by atoms with Crippen molar-refractivity contribution in [3.05, 3.63) is 35.6 Å². The summed E-state index contributed by atoms with van der Waals surface area (Å²) in [4.78, 5) is 26.1. The molecule has 0 unspecified atom stereocenters. The zero-order chi connectivity index (χ0) is 16.8.